The van der Waals surface area contributed by atoms with Crippen LogP contribution in [0.4, 0.5) is 0 Å². The Labute approximate surface area is 172 Å². The van der Waals surface area contributed by atoms with Gasteiger partial charge in [-0.2, -0.15) is 0 Å². The molecule has 0 aliphatic carbocycles. The molecule has 154 valence electrons. The van der Waals surface area contributed by atoms with Gasteiger partial charge in [0, 0.05) is 38.6 Å². The number of fused-ring (bicyclic) bond motifs is 5. The van der Waals surface area contributed by atoms with Gasteiger partial charge in [0.05, 0.1) is 0 Å². The van der Waals surface area contributed by atoms with Gasteiger partial charge in [0.25, 0.3) is 5.91 Å². The molecular formula is C23H31N5O. The van der Waals surface area contributed by atoms with Crippen molar-refractivity contribution in [1.82, 2.24) is 24.6 Å². The molecular weight excluding hydrogens is 362 g/mol. The monoisotopic (exact) mass is 393 g/mol. The summed E-state index contributed by atoms with van der Waals surface area (Å²) in [7, 11) is 0. The van der Waals surface area contributed by atoms with E-state index in [9.17, 15) is 4.79 Å². The van der Waals surface area contributed by atoms with Crippen molar-refractivity contribution in [2.75, 3.05) is 26.2 Å². The van der Waals surface area contributed by atoms with E-state index in [1.807, 2.05) is 0 Å². The largest absolute Gasteiger partial charge is 0.331 e. The molecule has 2 aromatic rings. The Bertz CT molecular complexity index is 848. The molecule has 0 saturated carbocycles. The second-order valence-electron chi connectivity index (χ2n) is 8.95. The molecule has 4 aliphatic heterocycles. The number of carbonyl (C=O) groups excluding carboxylic acids is 1. The second-order valence-corrected chi connectivity index (χ2v) is 8.95. The molecule has 2 bridgehead atoms. The number of benzene rings is 1. The van der Waals surface area contributed by atoms with E-state index in [0.717, 1.165) is 70.7 Å². The number of hydrogen-bond donors (Lipinski definition) is 0. The van der Waals surface area contributed by atoms with Crippen LogP contribution in [0.15, 0.2) is 30.3 Å². The lowest BCUT2D eigenvalue weighted by atomic mass is 9.95. The van der Waals surface area contributed by atoms with Crippen molar-refractivity contribution >= 4 is 5.91 Å². The van der Waals surface area contributed by atoms with E-state index in [2.05, 4.69) is 54.9 Å². The predicted octanol–water partition coefficient (Wildman–Crippen LogP) is 2.78. The third kappa shape index (κ3) is 3.95. The zero-order chi connectivity index (χ0) is 19.6. The van der Waals surface area contributed by atoms with Crippen molar-refractivity contribution in [3.63, 3.8) is 0 Å². The van der Waals surface area contributed by atoms with Crippen LogP contribution < -0.4 is 0 Å². The van der Waals surface area contributed by atoms with Crippen molar-refractivity contribution < 1.29 is 4.79 Å². The van der Waals surface area contributed by atoms with Crippen LogP contribution in [0.3, 0.4) is 0 Å². The quantitative estimate of drug-likeness (QED) is 0.784. The molecule has 1 amide bonds. The highest BCUT2D eigenvalue weighted by Gasteiger charge is 2.39. The van der Waals surface area contributed by atoms with Crippen molar-refractivity contribution in [2.24, 2.45) is 5.92 Å². The zero-order valence-electron chi connectivity index (χ0n) is 17.2. The summed E-state index contributed by atoms with van der Waals surface area (Å²) >= 11 is 0. The van der Waals surface area contributed by atoms with Crippen LogP contribution in [0, 0.1) is 5.92 Å². The average Bonchev–Trinajstić information content (AvgIpc) is 2.99. The first-order chi connectivity index (χ1) is 14.3. The predicted molar refractivity (Wildman–Crippen MR) is 112 cm³/mol. The van der Waals surface area contributed by atoms with Crippen molar-refractivity contribution in [2.45, 2.75) is 57.5 Å². The molecule has 2 atom stereocenters. The molecule has 1 aromatic heterocycles. The van der Waals surface area contributed by atoms with Crippen LogP contribution in [-0.4, -0.2) is 62.7 Å². The second kappa shape index (κ2) is 8.27. The summed E-state index contributed by atoms with van der Waals surface area (Å²) in [4.78, 5) is 18.1. The van der Waals surface area contributed by atoms with Crippen molar-refractivity contribution in [3.8, 4) is 0 Å². The lowest BCUT2D eigenvalue weighted by Gasteiger charge is -2.36. The standard InChI is InChI=1S/C23H31N5O/c29-23(22-25-24-21-10-4-5-14-27(21)22)28-16-19-11-12-20(28)17-26(15-19)13-6-9-18-7-2-1-3-8-18/h1-3,7-8,19-20H,4-6,9-17H2. The third-order valence-corrected chi connectivity index (χ3v) is 6.88. The van der Waals surface area contributed by atoms with E-state index >= 15 is 0 Å². The van der Waals surface area contributed by atoms with Gasteiger partial charge in [0.1, 0.15) is 5.82 Å². The Balaban J connectivity index is 1.23. The molecule has 1 aromatic carbocycles. The fourth-order valence-corrected chi connectivity index (χ4v) is 5.36. The van der Waals surface area contributed by atoms with E-state index in [4.69, 9.17) is 0 Å². The average molecular weight is 394 g/mol. The third-order valence-electron chi connectivity index (χ3n) is 6.88. The molecule has 3 fully saturated rings. The molecule has 0 radical (unpaired) electrons. The maximum atomic E-state index is 13.4. The van der Waals surface area contributed by atoms with Gasteiger partial charge in [-0.3, -0.25) is 4.79 Å². The highest BCUT2D eigenvalue weighted by Crippen LogP contribution is 2.29. The minimum absolute atomic E-state index is 0.103. The molecule has 3 saturated heterocycles. The molecule has 2 unspecified atom stereocenters. The first-order valence-electron chi connectivity index (χ1n) is 11.3. The molecule has 4 aliphatic rings. The maximum Gasteiger partial charge on any atom is 0.292 e. The lowest BCUT2D eigenvalue weighted by Crippen LogP contribution is -2.48. The summed E-state index contributed by atoms with van der Waals surface area (Å²) < 4.78 is 2.07. The Kier molecular flexibility index (Phi) is 5.36. The lowest BCUT2D eigenvalue weighted by molar-refractivity contribution is 0.0566. The van der Waals surface area contributed by atoms with Gasteiger partial charge in [-0.15, -0.1) is 10.2 Å². The SMILES string of the molecule is O=C(c1nnc2n1CCCC2)N1CC2CCC1CN(CCCc1ccccc1)C2. The fourth-order valence-electron chi connectivity index (χ4n) is 5.36. The van der Waals surface area contributed by atoms with Gasteiger partial charge in [0.2, 0.25) is 5.82 Å². The highest BCUT2D eigenvalue weighted by molar-refractivity contribution is 5.91. The molecule has 29 heavy (non-hydrogen) atoms. The minimum atomic E-state index is 0.103. The molecule has 6 heteroatoms. The molecule has 5 heterocycles. The van der Waals surface area contributed by atoms with E-state index in [-0.39, 0.29) is 5.91 Å². The first kappa shape index (κ1) is 18.8. The molecule has 0 spiro atoms. The van der Waals surface area contributed by atoms with Crippen LogP contribution in [-0.2, 0) is 19.4 Å². The van der Waals surface area contributed by atoms with E-state index in [1.54, 1.807) is 0 Å². The number of piperidine rings is 1. The highest BCUT2D eigenvalue weighted by atomic mass is 16.2. The number of amides is 1. The van der Waals surface area contributed by atoms with Crippen LogP contribution in [0.25, 0.3) is 0 Å². The number of aryl methyl sites for hydroxylation is 2. The van der Waals surface area contributed by atoms with Gasteiger partial charge in [0.15, 0.2) is 0 Å². The summed E-state index contributed by atoms with van der Waals surface area (Å²) in [6.45, 7) is 4.99. The Hall–Kier alpha value is -2.21. The van der Waals surface area contributed by atoms with Gasteiger partial charge in [-0.25, -0.2) is 0 Å². The van der Waals surface area contributed by atoms with Crippen LogP contribution in [0.2, 0.25) is 0 Å². The summed E-state index contributed by atoms with van der Waals surface area (Å²) in [5, 5.41) is 8.59. The van der Waals surface area contributed by atoms with Gasteiger partial charge in [-0.1, -0.05) is 30.3 Å². The van der Waals surface area contributed by atoms with Crippen molar-refractivity contribution in [1.29, 1.82) is 0 Å². The topological polar surface area (TPSA) is 54.3 Å². The van der Waals surface area contributed by atoms with E-state index in [1.165, 1.54) is 18.4 Å². The Morgan fingerprint density at radius 3 is 2.83 bits per heavy atom. The maximum absolute atomic E-state index is 13.4. The van der Waals surface area contributed by atoms with Gasteiger partial charge >= 0.3 is 0 Å². The summed E-state index contributed by atoms with van der Waals surface area (Å²) in [5.74, 6) is 2.25. The molecule has 6 nitrogen and oxygen atoms in total. The Morgan fingerprint density at radius 1 is 1.03 bits per heavy atom. The van der Waals surface area contributed by atoms with Crippen LogP contribution in [0.1, 0.15) is 54.1 Å². The van der Waals surface area contributed by atoms with Gasteiger partial charge in [-0.05, 0) is 56.6 Å². The molecule has 0 N–H and O–H groups in total. The summed E-state index contributed by atoms with van der Waals surface area (Å²) in [6, 6.07) is 11.1. The van der Waals surface area contributed by atoms with Crippen LogP contribution >= 0.6 is 0 Å². The summed E-state index contributed by atoms with van der Waals surface area (Å²) in [5.41, 5.74) is 1.42. The van der Waals surface area contributed by atoms with E-state index < -0.39 is 0 Å². The normalized spacial score (nSPS) is 24.3. The number of rotatable bonds is 5. The van der Waals surface area contributed by atoms with E-state index in [0.29, 0.717) is 17.8 Å². The minimum Gasteiger partial charge on any atom is -0.331 e. The summed E-state index contributed by atoms with van der Waals surface area (Å²) in [6.07, 6.45) is 7.87. The van der Waals surface area contributed by atoms with Crippen molar-refractivity contribution in [3.05, 3.63) is 47.5 Å². The smallest absolute Gasteiger partial charge is 0.292 e. The number of aromatic nitrogens is 3. The zero-order valence-corrected chi connectivity index (χ0v) is 17.2. The number of hydrogen-bond acceptors (Lipinski definition) is 4. The first-order valence-corrected chi connectivity index (χ1v) is 11.3. The molecule has 6 rings (SSSR count). The Morgan fingerprint density at radius 2 is 1.93 bits per heavy atom. The fraction of sp³-hybridized carbons (Fsp3) is 0.609. The number of nitrogens with zero attached hydrogens (tertiary/aromatic N) is 5. The van der Waals surface area contributed by atoms with Crippen LogP contribution in [0.5, 0.6) is 0 Å². The van der Waals surface area contributed by atoms with Gasteiger partial charge < -0.3 is 14.4 Å². The number of carbonyl (C=O) groups is 1.